The summed E-state index contributed by atoms with van der Waals surface area (Å²) in [7, 11) is 1.81. The molecule has 186 valence electrons. The maximum Gasteiger partial charge on any atom is 0.323 e. The fraction of sp³-hybridized carbons (Fsp3) is 0.333. The van der Waals surface area contributed by atoms with Crippen molar-refractivity contribution in [2.75, 3.05) is 43.7 Å². The van der Waals surface area contributed by atoms with E-state index < -0.39 is 17.7 Å². The average Bonchev–Trinajstić information content (AvgIpc) is 3.00. The van der Waals surface area contributed by atoms with Gasteiger partial charge in [-0.2, -0.15) is 5.10 Å². The van der Waals surface area contributed by atoms with Crippen LogP contribution in [0, 0.1) is 11.6 Å². The molecule has 8 nitrogen and oxygen atoms in total. The maximum atomic E-state index is 13.9. The minimum absolute atomic E-state index is 0.129. The van der Waals surface area contributed by atoms with E-state index in [4.69, 9.17) is 9.47 Å². The van der Waals surface area contributed by atoms with E-state index in [2.05, 4.69) is 36.6 Å². The quantitative estimate of drug-likeness (QED) is 0.422. The molecule has 1 aromatic heterocycles. The first-order chi connectivity index (χ1) is 16.9. The Hall–Kier alpha value is -3.02. The third-order valence-corrected chi connectivity index (χ3v) is 6.10. The summed E-state index contributed by atoms with van der Waals surface area (Å²) in [5.74, 6) is -0.961. The number of benzene rings is 2. The maximum absolute atomic E-state index is 13.9. The highest BCUT2D eigenvalue weighted by Gasteiger charge is 2.17. The topological polar surface area (TPSA) is 80.7 Å². The predicted molar refractivity (Wildman–Crippen MR) is 132 cm³/mol. The zero-order valence-corrected chi connectivity index (χ0v) is 20.8. The summed E-state index contributed by atoms with van der Waals surface area (Å²) in [5, 5.41) is 9.34. The lowest BCUT2D eigenvalue weighted by Crippen LogP contribution is -2.30. The van der Waals surface area contributed by atoms with Crippen molar-refractivity contribution >= 4 is 33.3 Å². The number of aromatic nitrogens is 2. The number of aryl methyl sites for hydroxylation is 1. The van der Waals surface area contributed by atoms with E-state index in [1.165, 1.54) is 0 Å². The third kappa shape index (κ3) is 6.56. The lowest BCUT2D eigenvalue weighted by molar-refractivity contribution is 0.0428. The number of anilines is 2. The van der Waals surface area contributed by atoms with Gasteiger partial charge in [-0.05, 0) is 59.1 Å². The zero-order chi connectivity index (χ0) is 24.8. The molecule has 2 heterocycles. The van der Waals surface area contributed by atoms with E-state index in [0.717, 1.165) is 60.4 Å². The van der Waals surface area contributed by atoms with E-state index in [1.54, 1.807) is 29.1 Å². The van der Waals surface area contributed by atoms with Crippen molar-refractivity contribution in [3.63, 3.8) is 0 Å². The fourth-order valence-corrected chi connectivity index (χ4v) is 4.33. The molecule has 0 atom stereocenters. The van der Waals surface area contributed by atoms with E-state index >= 15 is 0 Å². The van der Waals surface area contributed by atoms with Gasteiger partial charge in [0, 0.05) is 44.1 Å². The van der Waals surface area contributed by atoms with E-state index in [-0.39, 0.29) is 5.69 Å². The van der Waals surface area contributed by atoms with Gasteiger partial charge in [-0.1, -0.05) is 0 Å². The molecular formula is C24H26BrF2N5O3. The first-order valence-electron chi connectivity index (χ1n) is 11.2. The minimum atomic E-state index is -0.863. The molecule has 2 N–H and O–H groups in total. The van der Waals surface area contributed by atoms with E-state index in [0.29, 0.717) is 30.8 Å². The van der Waals surface area contributed by atoms with Crippen LogP contribution in [0.5, 0.6) is 5.75 Å². The van der Waals surface area contributed by atoms with Crippen LogP contribution in [-0.4, -0.2) is 53.7 Å². The summed E-state index contributed by atoms with van der Waals surface area (Å²) in [6, 6.07) is 7.49. The van der Waals surface area contributed by atoms with Crippen molar-refractivity contribution < 1.29 is 23.0 Å². The van der Waals surface area contributed by atoms with Gasteiger partial charge >= 0.3 is 6.03 Å². The molecule has 1 aliphatic heterocycles. The molecule has 0 radical (unpaired) electrons. The zero-order valence-electron chi connectivity index (χ0n) is 19.2. The minimum Gasteiger partial charge on any atom is -0.492 e. The molecule has 2 aromatic carbocycles. The Balaban J connectivity index is 1.50. The number of carbonyl (C=O) groups is 1. The highest BCUT2D eigenvalue weighted by atomic mass is 79.9. The van der Waals surface area contributed by atoms with Crippen LogP contribution >= 0.6 is 15.9 Å². The second kappa shape index (κ2) is 11.6. The fourth-order valence-electron chi connectivity index (χ4n) is 3.77. The van der Waals surface area contributed by atoms with E-state index in [9.17, 15) is 13.6 Å². The molecule has 0 aliphatic carbocycles. The van der Waals surface area contributed by atoms with Crippen LogP contribution in [-0.2, 0) is 11.8 Å². The molecule has 0 bridgehead atoms. The van der Waals surface area contributed by atoms with Crippen LogP contribution in [0.15, 0.2) is 47.1 Å². The van der Waals surface area contributed by atoms with Crippen LogP contribution in [0.1, 0.15) is 12.8 Å². The third-order valence-electron chi connectivity index (χ3n) is 5.52. The molecule has 35 heavy (non-hydrogen) atoms. The van der Waals surface area contributed by atoms with Crippen molar-refractivity contribution in [2.45, 2.75) is 12.8 Å². The Morgan fingerprint density at radius 1 is 1.20 bits per heavy atom. The number of ether oxygens (including phenoxy) is 2. The Bertz CT molecular complexity index is 1160. The van der Waals surface area contributed by atoms with Crippen LogP contribution in [0.2, 0.25) is 0 Å². The molecule has 0 unspecified atom stereocenters. The number of amides is 2. The van der Waals surface area contributed by atoms with Gasteiger partial charge in [-0.3, -0.25) is 9.58 Å². The smallest absolute Gasteiger partial charge is 0.323 e. The number of urea groups is 1. The number of halogens is 3. The molecular weight excluding hydrogens is 524 g/mol. The SMILES string of the molecule is Cn1ncc(Br)c1-c1cc(NC(=O)Nc2ccc(F)cc2F)ccc1OCCN1CCCCOC1. The summed E-state index contributed by atoms with van der Waals surface area (Å²) in [5.41, 5.74) is 1.82. The number of carbonyl (C=O) groups excluding carboxylic acids is 1. The number of hydrogen-bond acceptors (Lipinski definition) is 5. The first kappa shape index (κ1) is 25.1. The van der Waals surface area contributed by atoms with Gasteiger partial charge in [0.25, 0.3) is 0 Å². The van der Waals surface area contributed by atoms with Crippen LogP contribution in [0.4, 0.5) is 25.0 Å². The molecule has 1 saturated heterocycles. The lowest BCUT2D eigenvalue weighted by atomic mass is 10.1. The van der Waals surface area contributed by atoms with Crippen molar-refractivity contribution in [1.82, 2.24) is 14.7 Å². The Morgan fingerprint density at radius 3 is 2.83 bits per heavy atom. The van der Waals surface area contributed by atoms with Gasteiger partial charge in [0.15, 0.2) is 0 Å². The van der Waals surface area contributed by atoms with Crippen molar-refractivity contribution in [3.8, 4) is 17.0 Å². The first-order valence-corrected chi connectivity index (χ1v) is 12.0. The van der Waals surface area contributed by atoms with Crippen molar-refractivity contribution in [2.24, 2.45) is 7.05 Å². The standard InChI is InChI=1S/C24H26BrF2N5O3/c1-31-23(19(25)14-28-31)18-13-17(29-24(33)30-21-6-4-16(26)12-20(21)27)5-7-22(18)35-11-9-32-8-2-3-10-34-15-32/h4-7,12-14H,2-3,8-11,15H2,1H3,(H2,29,30,33). The van der Waals surface area contributed by atoms with Gasteiger partial charge in [-0.25, -0.2) is 13.6 Å². The number of rotatable bonds is 7. The predicted octanol–water partition coefficient (Wildman–Crippen LogP) is 5.22. The Labute approximate surface area is 210 Å². The highest BCUT2D eigenvalue weighted by Crippen LogP contribution is 2.36. The molecule has 0 saturated carbocycles. The molecule has 4 rings (SSSR count). The molecule has 1 aliphatic rings. The number of nitrogens with one attached hydrogen (secondary N) is 2. The lowest BCUT2D eigenvalue weighted by Gasteiger charge is -2.20. The summed E-state index contributed by atoms with van der Waals surface area (Å²) < 4.78 is 41.2. The van der Waals surface area contributed by atoms with Gasteiger partial charge in [0.1, 0.15) is 24.0 Å². The summed E-state index contributed by atoms with van der Waals surface area (Å²) >= 11 is 3.53. The second-order valence-electron chi connectivity index (χ2n) is 8.09. The van der Waals surface area contributed by atoms with Crippen molar-refractivity contribution in [1.29, 1.82) is 0 Å². The molecule has 2 amide bonds. The summed E-state index contributed by atoms with van der Waals surface area (Å²) in [6.07, 6.45) is 3.83. The van der Waals surface area contributed by atoms with Crippen LogP contribution in [0.25, 0.3) is 11.3 Å². The van der Waals surface area contributed by atoms with Crippen LogP contribution < -0.4 is 15.4 Å². The molecule has 11 heteroatoms. The second-order valence-corrected chi connectivity index (χ2v) is 8.94. The van der Waals surface area contributed by atoms with Gasteiger partial charge in [-0.15, -0.1) is 0 Å². The molecule has 1 fully saturated rings. The summed E-state index contributed by atoms with van der Waals surface area (Å²) in [4.78, 5) is 14.7. The van der Waals surface area contributed by atoms with E-state index in [1.807, 2.05) is 7.05 Å². The monoisotopic (exact) mass is 549 g/mol. The normalized spacial score (nSPS) is 14.4. The molecule has 3 aromatic rings. The number of nitrogens with zero attached hydrogens (tertiary/aromatic N) is 3. The van der Waals surface area contributed by atoms with Gasteiger partial charge in [0.2, 0.25) is 0 Å². The number of hydrogen-bond donors (Lipinski definition) is 2. The average molecular weight is 550 g/mol. The Kier molecular flexibility index (Phi) is 8.32. The molecule has 0 spiro atoms. The highest BCUT2D eigenvalue weighted by molar-refractivity contribution is 9.10. The largest absolute Gasteiger partial charge is 0.492 e. The Morgan fingerprint density at radius 2 is 2.06 bits per heavy atom. The van der Waals surface area contributed by atoms with Gasteiger partial charge in [0.05, 0.1) is 28.8 Å². The van der Waals surface area contributed by atoms with Crippen molar-refractivity contribution in [3.05, 3.63) is 58.7 Å². The summed E-state index contributed by atoms with van der Waals surface area (Å²) in [6.45, 7) is 3.53. The van der Waals surface area contributed by atoms with Crippen LogP contribution in [0.3, 0.4) is 0 Å². The van der Waals surface area contributed by atoms with Gasteiger partial charge < -0.3 is 20.1 Å².